The predicted molar refractivity (Wildman–Crippen MR) is 181 cm³/mol. The summed E-state index contributed by atoms with van der Waals surface area (Å²) in [6.45, 7) is 9.78. The van der Waals surface area contributed by atoms with Gasteiger partial charge in [-0.25, -0.2) is 14.2 Å². The molecule has 0 radical (unpaired) electrons. The number of ether oxygens (including phenoxy) is 3. The first-order valence-electron chi connectivity index (χ1n) is 15.7. The topological polar surface area (TPSA) is 137 Å². The van der Waals surface area contributed by atoms with Crippen molar-refractivity contribution in [1.29, 1.82) is 5.41 Å². The summed E-state index contributed by atoms with van der Waals surface area (Å²) < 4.78 is 41.2. The molecule has 0 aliphatic carbocycles. The number of hydrogen-bond acceptors (Lipinski definition) is 10. The molecule has 0 unspecified atom stereocenters. The fourth-order valence-electron chi connectivity index (χ4n) is 6.36. The Hall–Kier alpha value is -5.10. The lowest BCUT2D eigenvalue weighted by molar-refractivity contribution is -0.164. The molecule has 0 amide bonds. The van der Waals surface area contributed by atoms with Crippen molar-refractivity contribution < 1.29 is 27.8 Å². The van der Waals surface area contributed by atoms with Crippen LogP contribution >= 0.6 is 0 Å². The van der Waals surface area contributed by atoms with Crippen LogP contribution in [0.1, 0.15) is 61.2 Å². The van der Waals surface area contributed by atoms with E-state index in [1.165, 1.54) is 19.4 Å². The molecule has 12 heteroatoms. The van der Waals surface area contributed by atoms with Crippen LogP contribution in [0.15, 0.2) is 34.7 Å². The van der Waals surface area contributed by atoms with Crippen LogP contribution < -0.4 is 10.1 Å². The molecule has 2 aromatic carbocycles. The zero-order valence-electron chi connectivity index (χ0n) is 28.4. The van der Waals surface area contributed by atoms with Gasteiger partial charge in [-0.05, 0) is 88.9 Å². The molecule has 0 saturated heterocycles. The molecule has 1 aliphatic heterocycles. The third-order valence-electron chi connectivity index (χ3n) is 8.63. The lowest BCUT2D eigenvalue weighted by Gasteiger charge is -2.29. The number of hydrogen-bond donors (Lipinski definition) is 2. The van der Waals surface area contributed by atoms with Crippen LogP contribution in [0.3, 0.4) is 0 Å². The number of methoxy groups -OCH3 is 1. The van der Waals surface area contributed by atoms with Gasteiger partial charge in [-0.1, -0.05) is 0 Å². The maximum absolute atomic E-state index is 15.8. The first-order chi connectivity index (χ1) is 22.9. The van der Waals surface area contributed by atoms with Crippen LogP contribution in [-0.4, -0.2) is 58.3 Å². The summed E-state index contributed by atoms with van der Waals surface area (Å²) in [5, 5.41) is 20.2. The zero-order valence-corrected chi connectivity index (χ0v) is 28.4. The number of carbonyl (C=O) groups is 1. The fourth-order valence-corrected chi connectivity index (χ4v) is 6.36. The van der Waals surface area contributed by atoms with Crippen LogP contribution in [0, 0.1) is 25.1 Å². The predicted octanol–water partition coefficient (Wildman–Crippen LogP) is 7.11. The van der Waals surface area contributed by atoms with Crippen molar-refractivity contribution in [3.63, 3.8) is 0 Å². The Kier molecular flexibility index (Phi) is 8.54. The minimum atomic E-state index is -1.15. The summed E-state index contributed by atoms with van der Waals surface area (Å²) in [5.74, 6) is -0.287. The second-order valence-corrected chi connectivity index (χ2v) is 12.8. The average Bonchev–Trinajstić information content (AvgIpc) is 3.68. The highest BCUT2D eigenvalue weighted by Gasteiger charge is 2.35. The van der Waals surface area contributed by atoms with Gasteiger partial charge >= 0.3 is 5.97 Å². The Balaban J connectivity index is 1.62. The van der Waals surface area contributed by atoms with Gasteiger partial charge in [0.25, 0.3) is 5.89 Å². The standard InChI is InChI=1S/C36H39FN6O5/c1-18-22-10-9-13-46-30(22)25(37)15-23(18)29-24-16-27(34-42-41-33(47-34)20-11-12-26(39-6)21(14-20)17-38)43(7)32(24)40-19(2)28(29)31(35(44)45-8)48-36(3,4)5/h11-12,14-17,31,38-39H,9-10,13H2,1-8H3/t31-/m0/s1. The Morgan fingerprint density at radius 1 is 1.17 bits per heavy atom. The first-order valence-corrected chi connectivity index (χ1v) is 15.7. The maximum Gasteiger partial charge on any atom is 0.339 e. The van der Waals surface area contributed by atoms with Crippen molar-refractivity contribution in [1.82, 2.24) is 19.7 Å². The van der Waals surface area contributed by atoms with Crippen molar-refractivity contribution in [2.75, 3.05) is 26.1 Å². The van der Waals surface area contributed by atoms with E-state index in [-0.39, 0.29) is 17.5 Å². The number of pyridine rings is 1. The minimum absolute atomic E-state index is 0.238. The number of aryl methyl sites for hydroxylation is 2. The number of benzene rings is 2. The molecule has 250 valence electrons. The van der Waals surface area contributed by atoms with Crippen LogP contribution in [0.5, 0.6) is 5.75 Å². The summed E-state index contributed by atoms with van der Waals surface area (Å²) in [4.78, 5) is 18.4. The molecule has 0 spiro atoms. The molecular formula is C36H39FN6O5. The molecule has 48 heavy (non-hydrogen) atoms. The van der Waals surface area contributed by atoms with E-state index in [1.807, 2.05) is 57.5 Å². The number of rotatable bonds is 8. The van der Waals surface area contributed by atoms with Gasteiger partial charge in [0.15, 0.2) is 17.7 Å². The first kappa shape index (κ1) is 32.8. The molecule has 2 N–H and O–H groups in total. The molecule has 0 bridgehead atoms. The summed E-state index contributed by atoms with van der Waals surface area (Å²) in [7, 11) is 4.94. The van der Waals surface area contributed by atoms with Crippen LogP contribution in [0.4, 0.5) is 10.1 Å². The maximum atomic E-state index is 15.8. The minimum Gasteiger partial charge on any atom is -0.490 e. The second kappa shape index (κ2) is 12.5. The smallest absolute Gasteiger partial charge is 0.339 e. The Morgan fingerprint density at radius 3 is 2.60 bits per heavy atom. The van der Waals surface area contributed by atoms with E-state index < -0.39 is 23.5 Å². The second-order valence-electron chi connectivity index (χ2n) is 12.8. The quantitative estimate of drug-likeness (QED) is 0.132. The molecule has 0 saturated carbocycles. The number of anilines is 1. The number of carbonyl (C=O) groups excluding carboxylic acids is 1. The van der Waals surface area contributed by atoms with E-state index in [1.54, 1.807) is 20.0 Å². The van der Waals surface area contributed by atoms with Gasteiger partial charge in [0, 0.05) is 64.9 Å². The fraction of sp³-hybridized carbons (Fsp3) is 0.361. The third kappa shape index (κ3) is 5.70. The lowest BCUT2D eigenvalue weighted by Crippen LogP contribution is -2.29. The van der Waals surface area contributed by atoms with E-state index in [2.05, 4.69) is 15.5 Å². The molecule has 6 rings (SSSR count). The molecule has 1 atom stereocenters. The summed E-state index contributed by atoms with van der Waals surface area (Å²) in [6, 6.07) is 8.82. The molecule has 3 aromatic heterocycles. The average molecular weight is 655 g/mol. The lowest BCUT2D eigenvalue weighted by atomic mass is 9.86. The van der Waals surface area contributed by atoms with Gasteiger partial charge in [0.2, 0.25) is 5.89 Å². The number of halogens is 1. The molecule has 0 fully saturated rings. The molecule has 5 aromatic rings. The van der Waals surface area contributed by atoms with Crippen molar-refractivity contribution in [3.05, 3.63) is 64.1 Å². The van der Waals surface area contributed by atoms with Gasteiger partial charge in [-0.3, -0.25) is 0 Å². The number of nitrogens with one attached hydrogen (secondary N) is 2. The van der Waals surface area contributed by atoms with Gasteiger partial charge in [-0.15, -0.1) is 10.2 Å². The van der Waals surface area contributed by atoms with Gasteiger partial charge in [0.05, 0.1) is 19.3 Å². The van der Waals surface area contributed by atoms with E-state index in [0.29, 0.717) is 63.3 Å². The molecule has 4 heterocycles. The normalized spacial score (nSPS) is 13.6. The van der Waals surface area contributed by atoms with Crippen LogP contribution in [0.2, 0.25) is 0 Å². The van der Waals surface area contributed by atoms with Crippen LogP contribution in [-0.2, 0) is 27.7 Å². The van der Waals surface area contributed by atoms with Crippen molar-refractivity contribution in [2.45, 2.75) is 59.2 Å². The number of aromatic nitrogens is 4. The number of nitrogens with zero attached hydrogens (tertiary/aromatic N) is 4. The van der Waals surface area contributed by atoms with E-state index in [9.17, 15) is 4.79 Å². The number of fused-ring (bicyclic) bond motifs is 2. The summed E-state index contributed by atoms with van der Waals surface area (Å²) in [6.07, 6.45) is 1.53. The van der Waals surface area contributed by atoms with Gasteiger partial charge in [0.1, 0.15) is 11.3 Å². The van der Waals surface area contributed by atoms with E-state index in [4.69, 9.17) is 29.0 Å². The highest BCUT2D eigenvalue weighted by molar-refractivity contribution is 6.01. The Bertz CT molecular complexity index is 2080. The summed E-state index contributed by atoms with van der Waals surface area (Å²) in [5.41, 5.74) is 6.37. The third-order valence-corrected chi connectivity index (χ3v) is 8.63. The van der Waals surface area contributed by atoms with Gasteiger partial charge < -0.3 is 33.9 Å². The zero-order chi connectivity index (χ0) is 34.5. The monoisotopic (exact) mass is 654 g/mol. The molecule has 11 nitrogen and oxygen atoms in total. The van der Waals surface area contributed by atoms with Crippen molar-refractivity contribution in [2.24, 2.45) is 7.05 Å². The van der Waals surface area contributed by atoms with E-state index in [0.717, 1.165) is 23.2 Å². The van der Waals surface area contributed by atoms with Gasteiger partial charge in [-0.2, -0.15) is 0 Å². The van der Waals surface area contributed by atoms with E-state index >= 15 is 4.39 Å². The Labute approximate surface area is 277 Å². The highest BCUT2D eigenvalue weighted by Crippen LogP contribution is 2.45. The van der Waals surface area contributed by atoms with Crippen molar-refractivity contribution >= 4 is 28.9 Å². The number of esters is 1. The SMILES string of the molecule is CNc1ccc(-c2nnc(-c3cc4c(-c5cc(F)c6c(c5C)CCCO6)c([C@H](OC(C)(C)C)C(=O)OC)c(C)nc4n3C)o2)cc1C=N. The summed E-state index contributed by atoms with van der Waals surface area (Å²) >= 11 is 0. The Morgan fingerprint density at radius 2 is 1.92 bits per heavy atom. The van der Waals surface area contributed by atoms with Crippen LogP contribution in [0.25, 0.3) is 45.2 Å². The largest absolute Gasteiger partial charge is 0.490 e. The molecular weight excluding hydrogens is 615 g/mol. The highest BCUT2D eigenvalue weighted by atomic mass is 19.1. The molecule has 1 aliphatic rings. The van der Waals surface area contributed by atoms with Crippen molar-refractivity contribution in [3.8, 4) is 39.9 Å².